The first-order valence-corrected chi connectivity index (χ1v) is 8.06. The molecular formula is C18H29NO. The quantitative estimate of drug-likeness (QED) is 0.836. The first kappa shape index (κ1) is 15.5. The minimum atomic E-state index is 0.469. The van der Waals surface area contributed by atoms with Gasteiger partial charge in [-0.2, -0.15) is 0 Å². The van der Waals surface area contributed by atoms with Crippen LogP contribution in [0.2, 0.25) is 0 Å². The maximum atomic E-state index is 6.10. The van der Waals surface area contributed by atoms with E-state index in [1.165, 1.54) is 36.8 Å². The van der Waals surface area contributed by atoms with E-state index >= 15 is 0 Å². The van der Waals surface area contributed by atoms with Gasteiger partial charge in [0.1, 0.15) is 0 Å². The van der Waals surface area contributed by atoms with Crippen molar-refractivity contribution in [3.8, 4) is 0 Å². The second-order valence-corrected chi connectivity index (χ2v) is 6.56. The first-order valence-electron chi connectivity index (χ1n) is 8.06. The molecule has 2 nitrogen and oxygen atoms in total. The summed E-state index contributed by atoms with van der Waals surface area (Å²) in [6.07, 6.45) is 5.63. The number of hydrogen-bond donors (Lipinski definition) is 1. The number of hydrogen-bond acceptors (Lipinski definition) is 2. The second kappa shape index (κ2) is 7.80. The van der Waals surface area contributed by atoms with Crippen molar-refractivity contribution in [1.29, 1.82) is 0 Å². The van der Waals surface area contributed by atoms with Crippen LogP contribution in [0.3, 0.4) is 0 Å². The van der Waals surface area contributed by atoms with Crippen molar-refractivity contribution in [2.45, 2.75) is 71.8 Å². The Labute approximate surface area is 123 Å². The zero-order valence-electron chi connectivity index (χ0n) is 13.2. The van der Waals surface area contributed by atoms with Gasteiger partial charge in [-0.3, -0.25) is 0 Å². The molecule has 2 rings (SSSR count). The van der Waals surface area contributed by atoms with Gasteiger partial charge in [-0.05, 0) is 29.9 Å². The highest BCUT2D eigenvalue weighted by molar-refractivity contribution is 5.22. The SMILES string of the molecule is CC1CCCC(OCc2cccc(CNC(C)C)c2)C1. The fraction of sp³-hybridized carbons (Fsp3) is 0.667. The molecule has 1 N–H and O–H groups in total. The van der Waals surface area contributed by atoms with E-state index in [2.05, 4.69) is 50.4 Å². The van der Waals surface area contributed by atoms with Crippen LogP contribution in [0, 0.1) is 5.92 Å². The summed E-state index contributed by atoms with van der Waals surface area (Å²) in [5, 5.41) is 3.46. The molecule has 0 radical (unpaired) electrons. The molecule has 2 atom stereocenters. The zero-order valence-corrected chi connectivity index (χ0v) is 13.2. The summed E-state index contributed by atoms with van der Waals surface area (Å²) in [5.74, 6) is 0.829. The van der Waals surface area contributed by atoms with Gasteiger partial charge in [0.05, 0.1) is 12.7 Å². The average molecular weight is 275 g/mol. The molecule has 1 saturated carbocycles. The van der Waals surface area contributed by atoms with E-state index < -0.39 is 0 Å². The van der Waals surface area contributed by atoms with Gasteiger partial charge in [0.15, 0.2) is 0 Å². The van der Waals surface area contributed by atoms with Crippen LogP contribution >= 0.6 is 0 Å². The summed E-state index contributed by atoms with van der Waals surface area (Å²) in [7, 11) is 0. The Bertz CT molecular complexity index is 402. The second-order valence-electron chi connectivity index (χ2n) is 6.56. The zero-order chi connectivity index (χ0) is 14.4. The van der Waals surface area contributed by atoms with E-state index in [9.17, 15) is 0 Å². The molecule has 0 aromatic heterocycles. The van der Waals surface area contributed by atoms with Crippen molar-refractivity contribution in [2.24, 2.45) is 5.92 Å². The van der Waals surface area contributed by atoms with E-state index in [0.717, 1.165) is 19.1 Å². The van der Waals surface area contributed by atoms with Crippen LogP contribution in [0.15, 0.2) is 24.3 Å². The highest BCUT2D eigenvalue weighted by Gasteiger charge is 2.19. The molecule has 112 valence electrons. The molecule has 2 unspecified atom stereocenters. The topological polar surface area (TPSA) is 21.3 Å². The van der Waals surface area contributed by atoms with E-state index in [4.69, 9.17) is 4.74 Å². The third kappa shape index (κ3) is 5.26. The maximum absolute atomic E-state index is 6.10. The number of nitrogens with one attached hydrogen (secondary N) is 1. The van der Waals surface area contributed by atoms with Gasteiger partial charge in [0.25, 0.3) is 0 Å². The van der Waals surface area contributed by atoms with Crippen molar-refractivity contribution >= 4 is 0 Å². The minimum absolute atomic E-state index is 0.469. The summed E-state index contributed by atoms with van der Waals surface area (Å²) in [5.41, 5.74) is 2.64. The largest absolute Gasteiger partial charge is 0.374 e. The minimum Gasteiger partial charge on any atom is -0.374 e. The Balaban J connectivity index is 1.81. The van der Waals surface area contributed by atoms with Crippen LogP contribution < -0.4 is 5.32 Å². The Kier molecular flexibility index (Phi) is 6.06. The molecule has 0 spiro atoms. The Morgan fingerprint density at radius 1 is 1.25 bits per heavy atom. The van der Waals surface area contributed by atoms with Gasteiger partial charge in [-0.25, -0.2) is 0 Å². The van der Waals surface area contributed by atoms with Gasteiger partial charge >= 0.3 is 0 Å². The number of rotatable bonds is 6. The Hall–Kier alpha value is -0.860. The van der Waals surface area contributed by atoms with Crippen LogP contribution in [0.25, 0.3) is 0 Å². The van der Waals surface area contributed by atoms with Gasteiger partial charge in [-0.1, -0.05) is 57.9 Å². The van der Waals surface area contributed by atoms with Gasteiger partial charge < -0.3 is 10.1 Å². The predicted octanol–water partition coefficient (Wildman–Crippen LogP) is 4.28. The van der Waals surface area contributed by atoms with Crippen LogP contribution in [-0.4, -0.2) is 12.1 Å². The third-order valence-corrected chi connectivity index (χ3v) is 4.08. The molecule has 0 amide bonds. The smallest absolute Gasteiger partial charge is 0.0720 e. The van der Waals surface area contributed by atoms with Crippen LogP contribution in [-0.2, 0) is 17.9 Å². The monoisotopic (exact) mass is 275 g/mol. The summed E-state index contributed by atoms with van der Waals surface area (Å²) in [6.45, 7) is 8.39. The van der Waals surface area contributed by atoms with E-state index in [0.29, 0.717) is 12.1 Å². The lowest BCUT2D eigenvalue weighted by Crippen LogP contribution is -2.22. The molecule has 0 aliphatic heterocycles. The lowest BCUT2D eigenvalue weighted by atomic mass is 9.89. The number of benzene rings is 1. The standard InChI is InChI=1S/C18H29NO/c1-14(2)19-12-16-7-5-8-17(11-16)13-20-18-9-4-6-15(3)10-18/h5,7-8,11,14-15,18-19H,4,6,9-10,12-13H2,1-3H3. The highest BCUT2D eigenvalue weighted by Crippen LogP contribution is 2.26. The summed E-state index contributed by atoms with van der Waals surface area (Å²) in [6, 6.07) is 9.28. The molecule has 1 aliphatic rings. The third-order valence-electron chi connectivity index (χ3n) is 4.08. The lowest BCUT2D eigenvalue weighted by Gasteiger charge is -2.26. The fourth-order valence-electron chi connectivity index (χ4n) is 2.90. The molecule has 0 saturated heterocycles. The van der Waals surface area contributed by atoms with Crippen molar-refractivity contribution in [3.05, 3.63) is 35.4 Å². The maximum Gasteiger partial charge on any atom is 0.0720 e. The van der Waals surface area contributed by atoms with E-state index in [1.807, 2.05) is 0 Å². The summed E-state index contributed by atoms with van der Waals surface area (Å²) >= 11 is 0. The van der Waals surface area contributed by atoms with Crippen molar-refractivity contribution < 1.29 is 4.74 Å². The van der Waals surface area contributed by atoms with Crippen molar-refractivity contribution in [3.63, 3.8) is 0 Å². The molecule has 1 fully saturated rings. The predicted molar refractivity (Wildman–Crippen MR) is 84.6 cm³/mol. The lowest BCUT2D eigenvalue weighted by molar-refractivity contribution is 0.00464. The van der Waals surface area contributed by atoms with E-state index in [-0.39, 0.29) is 0 Å². The van der Waals surface area contributed by atoms with E-state index in [1.54, 1.807) is 0 Å². The van der Waals surface area contributed by atoms with Crippen LogP contribution in [0.5, 0.6) is 0 Å². The molecule has 2 heteroatoms. The normalized spacial score (nSPS) is 23.2. The number of ether oxygens (including phenoxy) is 1. The van der Waals surface area contributed by atoms with Crippen LogP contribution in [0.4, 0.5) is 0 Å². The molecule has 20 heavy (non-hydrogen) atoms. The molecule has 0 heterocycles. The molecule has 1 aromatic carbocycles. The summed E-state index contributed by atoms with van der Waals surface area (Å²) in [4.78, 5) is 0. The van der Waals surface area contributed by atoms with Crippen molar-refractivity contribution in [1.82, 2.24) is 5.32 Å². The Morgan fingerprint density at radius 3 is 2.80 bits per heavy atom. The molecule has 0 bridgehead atoms. The molecule has 1 aliphatic carbocycles. The molecular weight excluding hydrogens is 246 g/mol. The Morgan fingerprint density at radius 2 is 2.05 bits per heavy atom. The fourth-order valence-corrected chi connectivity index (χ4v) is 2.90. The van der Waals surface area contributed by atoms with Gasteiger partial charge in [0.2, 0.25) is 0 Å². The first-order chi connectivity index (χ1) is 9.63. The average Bonchev–Trinajstić information content (AvgIpc) is 2.43. The van der Waals surface area contributed by atoms with Crippen molar-refractivity contribution in [2.75, 3.05) is 0 Å². The van der Waals surface area contributed by atoms with Gasteiger partial charge in [0, 0.05) is 12.6 Å². The molecule has 1 aromatic rings. The summed E-state index contributed by atoms with van der Waals surface area (Å²) < 4.78 is 6.10. The van der Waals surface area contributed by atoms with Gasteiger partial charge in [-0.15, -0.1) is 0 Å². The highest BCUT2D eigenvalue weighted by atomic mass is 16.5. The van der Waals surface area contributed by atoms with Crippen LogP contribution in [0.1, 0.15) is 57.6 Å².